The van der Waals surface area contributed by atoms with Gasteiger partial charge in [0.25, 0.3) is 0 Å². The van der Waals surface area contributed by atoms with Crippen LogP contribution in [0.2, 0.25) is 0 Å². The zero-order chi connectivity index (χ0) is 43.2. The van der Waals surface area contributed by atoms with E-state index in [9.17, 15) is 5.11 Å². The van der Waals surface area contributed by atoms with Gasteiger partial charge in [-0.2, -0.15) is 9.03 Å². The SMILES string of the molecule is CCOP(=O)(N=P(C(=CCC(O)(c1ccccc1)c1ccccc1)P(=NP(=O)(OCC)OCC)(c1ccccc1)c1ccccc1)(c1ccccc1)c1ccccc1)OCC. The first-order valence-corrected chi connectivity index (χ1v) is 26.9. The van der Waals surface area contributed by atoms with E-state index in [1.165, 1.54) is 0 Å². The van der Waals surface area contributed by atoms with Crippen molar-refractivity contribution in [3.8, 4) is 0 Å². The van der Waals surface area contributed by atoms with Crippen LogP contribution in [0.1, 0.15) is 45.2 Å². The van der Waals surface area contributed by atoms with E-state index in [0.717, 1.165) is 0 Å². The second kappa shape index (κ2) is 21.2. The molecule has 0 unspecified atom stereocenters. The summed E-state index contributed by atoms with van der Waals surface area (Å²) in [6, 6.07) is 57.8. The minimum absolute atomic E-state index is 0.00855. The minimum atomic E-state index is -4.32. The predicted octanol–water partition coefficient (Wildman–Crippen LogP) is 12.2. The molecule has 0 fully saturated rings. The van der Waals surface area contributed by atoms with E-state index >= 15 is 9.13 Å². The highest BCUT2D eigenvalue weighted by atomic mass is 31.2. The van der Waals surface area contributed by atoms with Crippen molar-refractivity contribution in [1.29, 1.82) is 0 Å². The summed E-state index contributed by atoms with van der Waals surface area (Å²) < 4.78 is 66.3. The van der Waals surface area contributed by atoms with Gasteiger partial charge in [-0.05, 0) is 38.8 Å². The quantitative estimate of drug-likeness (QED) is 0.0759. The fourth-order valence-corrected chi connectivity index (χ4v) is 23.3. The monoisotopic (exact) mass is 894 g/mol. The summed E-state index contributed by atoms with van der Waals surface area (Å²) in [5, 5.41) is 16.8. The summed E-state index contributed by atoms with van der Waals surface area (Å²) in [7, 11) is -16.1. The molecule has 6 aromatic carbocycles. The zero-order valence-electron chi connectivity index (χ0n) is 35.0. The molecule has 0 bridgehead atoms. The molecule has 0 heterocycles. The molecule has 0 atom stereocenters. The lowest BCUT2D eigenvalue weighted by molar-refractivity contribution is 0.0841. The average Bonchev–Trinajstić information content (AvgIpc) is 3.30. The molecule has 13 heteroatoms. The van der Waals surface area contributed by atoms with Crippen LogP contribution >= 0.6 is 29.6 Å². The summed E-state index contributed by atoms with van der Waals surface area (Å²) >= 11 is 0. The van der Waals surface area contributed by atoms with Crippen molar-refractivity contribution in [2.45, 2.75) is 39.7 Å². The fourth-order valence-electron chi connectivity index (χ4n) is 7.40. The van der Waals surface area contributed by atoms with Crippen molar-refractivity contribution in [1.82, 2.24) is 0 Å². The molecule has 318 valence electrons. The Bertz CT molecular complexity index is 2270. The molecule has 0 aliphatic rings. The van der Waals surface area contributed by atoms with Gasteiger partial charge in [-0.1, -0.05) is 188 Å². The molecule has 6 aromatic rings. The maximum Gasteiger partial charge on any atom is 0.453 e. The van der Waals surface area contributed by atoms with Crippen LogP contribution in [0.3, 0.4) is 0 Å². The summed E-state index contributed by atoms with van der Waals surface area (Å²) in [6.07, 6.45) is 1.99. The van der Waals surface area contributed by atoms with Crippen LogP contribution in [0.4, 0.5) is 0 Å². The van der Waals surface area contributed by atoms with Crippen LogP contribution in [0.5, 0.6) is 0 Å². The third kappa shape index (κ3) is 10.2. The molecular formula is C48H54N2O7P4. The van der Waals surface area contributed by atoms with Crippen LogP contribution in [0.15, 0.2) is 202 Å². The number of hydrogen-bond acceptors (Lipinski definition) is 7. The van der Waals surface area contributed by atoms with Crippen molar-refractivity contribution in [3.63, 3.8) is 0 Å². The standard InChI is InChI=1S/C48H54N2O7P4/c1-5-54-60(52,55-6-2)49-58(43-31-19-11-20-32-43,44-33-21-12-22-34-44)47(39-40-48(51,41-27-15-9-16-28-41)42-29-17-10-18-30-42)59(45-35-23-13-24-36-45,46-37-25-14-26-38-46)50-61(53,56-7-3)57-8-4/h9-39,51H,5-8,40H2,1-4H3. The molecule has 0 spiro atoms. The topological polar surface area (TPSA) is 116 Å². The van der Waals surface area contributed by atoms with Gasteiger partial charge in [0, 0.05) is 32.7 Å². The van der Waals surface area contributed by atoms with Gasteiger partial charge in [-0.25, -0.2) is 9.13 Å². The Morgan fingerprint density at radius 3 is 0.951 bits per heavy atom. The van der Waals surface area contributed by atoms with Crippen molar-refractivity contribution in [3.05, 3.63) is 204 Å². The molecule has 61 heavy (non-hydrogen) atoms. The molecule has 9 nitrogen and oxygen atoms in total. The van der Waals surface area contributed by atoms with E-state index in [4.69, 9.17) is 27.1 Å². The first-order chi connectivity index (χ1) is 29.6. The fraction of sp³-hybridized carbons (Fsp3) is 0.208. The van der Waals surface area contributed by atoms with Gasteiger partial charge < -0.3 is 5.11 Å². The highest BCUT2D eigenvalue weighted by Crippen LogP contribution is 2.79. The first-order valence-electron chi connectivity index (χ1n) is 20.5. The van der Waals surface area contributed by atoms with Gasteiger partial charge in [0.15, 0.2) is 0 Å². The summed E-state index contributed by atoms with van der Waals surface area (Å²) in [5.41, 5.74) is -0.297. The van der Waals surface area contributed by atoms with E-state index in [2.05, 4.69) is 0 Å². The summed E-state index contributed by atoms with van der Waals surface area (Å²) in [6.45, 7) is 7.23. The number of benzene rings is 6. The van der Waals surface area contributed by atoms with Gasteiger partial charge in [0.2, 0.25) is 0 Å². The number of aliphatic hydroxyl groups is 1. The normalized spacial score (nSPS) is 12.4. The van der Waals surface area contributed by atoms with Gasteiger partial charge >= 0.3 is 15.5 Å². The Kier molecular flexibility index (Phi) is 16.1. The maximum atomic E-state index is 15.4. The summed E-state index contributed by atoms with van der Waals surface area (Å²) in [5.74, 6) is 0. The van der Waals surface area contributed by atoms with E-state index in [1.807, 2.05) is 188 Å². The van der Waals surface area contributed by atoms with Crippen LogP contribution < -0.4 is 21.2 Å². The molecule has 0 aliphatic heterocycles. The summed E-state index contributed by atoms with van der Waals surface area (Å²) in [4.78, 5) is 0. The Balaban J connectivity index is 1.98. The number of hydrogen-bond donors (Lipinski definition) is 1. The Morgan fingerprint density at radius 1 is 0.459 bits per heavy atom. The molecule has 0 aromatic heterocycles. The average molecular weight is 895 g/mol. The van der Waals surface area contributed by atoms with E-state index in [-0.39, 0.29) is 32.8 Å². The van der Waals surface area contributed by atoms with Crippen molar-refractivity contribution >= 4 is 50.8 Å². The molecule has 0 radical (unpaired) electrons. The third-order valence-corrected chi connectivity index (χ3v) is 23.8. The second-order valence-electron chi connectivity index (χ2n) is 13.8. The highest BCUT2D eigenvalue weighted by molar-refractivity contribution is 8.04. The lowest BCUT2D eigenvalue weighted by Gasteiger charge is -2.39. The smallest absolute Gasteiger partial charge is 0.380 e. The third-order valence-electron chi connectivity index (χ3n) is 9.92. The van der Waals surface area contributed by atoms with Crippen LogP contribution in [0, 0.1) is 0 Å². The van der Waals surface area contributed by atoms with Crippen LogP contribution in [-0.2, 0) is 32.8 Å². The molecule has 0 aliphatic carbocycles. The Morgan fingerprint density at radius 2 is 0.705 bits per heavy atom. The highest BCUT2D eigenvalue weighted by Gasteiger charge is 2.47. The molecule has 0 saturated heterocycles. The molecule has 0 saturated carbocycles. The lowest BCUT2D eigenvalue weighted by atomic mass is 9.84. The van der Waals surface area contributed by atoms with E-state index < -0.39 is 35.2 Å². The molecule has 6 rings (SSSR count). The van der Waals surface area contributed by atoms with Crippen molar-refractivity contribution in [2.24, 2.45) is 9.03 Å². The minimum Gasteiger partial charge on any atom is -0.380 e. The van der Waals surface area contributed by atoms with Crippen molar-refractivity contribution < 1.29 is 32.3 Å². The van der Waals surface area contributed by atoms with Gasteiger partial charge in [-0.3, -0.25) is 18.1 Å². The zero-order valence-corrected chi connectivity index (χ0v) is 38.6. The van der Waals surface area contributed by atoms with Gasteiger partial charge in [0.05, 0.1) is 40.5 Å². The van der Waals surface area contributed by atoms with E-state index in [0.29, 0.717) is 37.4 Å². The number of nitrogens with zero attached hydrogens (tertiary/aromatic N) is 2. The number of rotatable bonds is 20. The van der Waals surface area contributed by atoms with Gasteiger partial charge in [-0.15, -0.1) is 0 Å². The first kappa shape index (κ1) is 46.3. The maximum absolute atomic E-state index is 15.4. The largest absolute Gasteiger partial charge is 0.453 e. The Labute approximate surface area is 361 Å². The lowest BCUT2D eigenvalue weighted by Crippen LogP contribution is -2.28. The van der Waals surface area contributed by atoms with Crippen LogP contribution in [0.25, 0.3) is 0 Å². The molecule has 0 amide bonds. The van der Waals surface area contributed by atoms with Crippen LogP contribution in [-0.4, -0.2) is 31.5 Å². The van der Waals surface area contributed by atoms with Crippen molar-refractivity contribution in [2.75, 3.05) is 26.4 Å². The predicted molar refractivity (Wildman–Crippen MR) is 253 cm³/mol. The second-order valence-corrected chi connectivity index (χ2v) is 24.0. The Hall–Kier alpha value is -4.22. The van der Waals surface area contributed by atoms with E-state index in [1.54, 1.807) is 27.7 Å². The van der Waals surface area contributed by atoms with Gasteiger partial charge in [0.1, 0.15) is 5.60 Å². The molecule has 1 N–H and O–H groups in total. The molecular weight excluding hydrogens is 840 g/mol.